The second-order valence-electron chi connectivity index (χ2n) is 7.25. The molecule has 1 unspecified atom stereocenters. The predicted octanol–water partition coefficient (Wildman–Crippen LogP) is 2.74. The zero-order chi connectivity index (χ0) is 16.4. The Labute approximate surface area is 143 Å². The lowest BCUT2D eigenvalue weighted by Gasteiger charge is -2.44. The van der Waals surface area contributed by atoms with Gasteiger partial charge in [-0.2, -0.15) is 5.10 Å². The smallest absolute Gasteiger partial charge is 0.148 e. The van der Waals surface area contributed by atoms with E-state index in [2.05, 4.69) is 25.9 Å². The van der Waals surface area contributed by atoms with Crippen molar-refractivity contribution < 1.29 is 0 Å². The average molecular weight is 326 g/mol. The van der Waals surface area contributed by atoms with Gasteiger partial charge in [0.15, 0.2) is 0 Å². The minimum atomic E-state index is 0.357. The third-order valence-corrected chi connectivity index (χ3v) is 5.54. The van der Waals surface area contributed by atoms with Crippen LogP contribution in [0.4, 0.5) is 5.82 Å². The van der Waals surface area contributed by atoms with Gasteiger partial charge in [-0.25, -0.2) is 0 Å². The van der Waals surface area contributed by atoms with E-state index in [9.17, 15) is 0 Å². The Morgan fingerprint density at radius 3 is 2.75 bits per heavy atom. The molecule has 0 amide bonds. The van der Waals surface area contributed by atoms with Gasteiger partial charge in [0.05, 0.1) is 5.69 Å². The number of nitrogens with zero attached hydrogens (tertiary/aromatic N) is 4. The fourth-order valence-corrected chi connectivity index (χ4v) is 4.27. The van der Waals surface area contributed by atoms with Gasteiger partial charge in [0.2, 0.25) is 0 Å². The van der Waals surface area contributed by atoms with Crippen LogP contribution in [0.1, 0.15) is 44.9 Å². The molecular formula is C18H26N6. The van der Waals surface area contributed by atoms with Crippen molar-refractivity contribution >= 4 is 5.82 Å². The number of hydrogen-bond acceptors (Lipinski definition) is 5. The van der Waals surface area contributed by atoms with Crippen LogP contribution in [-0.4, -0.2) is 38.1 Å². The number of aryl methyl sites for hydroxylation is 1. The number of aromatic nitrogens is 4. The molecule has 2 aromatic heterocycles. The highest BCUT2D eigenvalue weighted by molar-refractivity contribution is 5.55. The Balaban J connectivity index is 1.42. The molecule has 0 bridgehead atoms. The van der Waals surface area contributed by atoms with E-state index in [1.807, 2.05) is 29.9 Å². The fraction of sp³-hybridized carbons (Fsp3) is 0.611. The standard InChI is InChI=1S/C18H26N6/c1-24-16(8-12-20-24)15-5-6-17(23-22-15)21-14-7-11-19-18(13-14)9-3-2-4-10-18/h5-6,8,12,14,19H,2-4,7,9-11,13H2,1H3,(H,21,23). The van der Waals surface area contributed by atoms with Crippen molar-refractivity contribution in [1.29, 1.82) is 0 Å². The van der Waals surface area contributed by atoms with Crippen LogP contribution in [0.15, 0.2) is 24.4 Å². The second-order valence-corrected chi connectivity index (χ2v) is 7.25. The van der Waals surface area contributed by atoms with Gasteiger partial charge in [-0.05, 0) is 50.4 Å². The minimum Gasteiger partial charge on any atom is -0.366 e. The summed E-state index contributed by atoms with van der Waals surface area (Å²) in [6, 6.07) is 6.49. The maximum Gasteiger partial charge on any atom is 0.148 e. The molecule has 2 aromatic rings. The third kappa shape index (κ3) is 3.15. The molecule has 128 valence electrons. The number of nitrogens with one attached hydrogen (secondary N) is 2. The van der Waals surface area contributed by atoms with Crippen LogP contribution in [0.2, 0.25) is 0 Å². The van der Waals surface area contributed by atoms with Crippen molar-refractivity contribution in [2.75, 3.05) is 11.9 Å². The van der Waals surface area contributed by atoms with E-state index >= 15 is 0 Å². The van der Waals surface area contributed by atoms with E-state index in [0.717, 1.165) is 30.2 Å². The zero-order valence-corrected chi connectivity index (χ0v) is 14.3. The molecule has 2 fully saturated rings. The van der Waals surface area contributed by atoms with E-state index < -0.39 is 0 Å². The fourth-order valence-electron chi connectivity index (χ4n) is 4.27. The summed E-state index contributed by atoms with van der Waals surface area (Å²) in [6.45, 7) is 1.10. The van der Waals surface area contributed by atoms with Crippen molar-refractivity contribution in [3.8, 4) is 11.4 Å². The second kappa shape index (κ2) is 6.51. The maximum atomic E-state index is 4.38. The normalized spacial score (nSPS) is 23.3. The molecule has 2 N–H and O–H groups in total. The number of anilines is 1. The number of rotatable bonds is 3. The average Bonchev–Trinajstić information content (AvgIpc) is 3.02. The summed E-state index contributed by atoms with van der Waals surface area (Å²) in [6.07, 6.45) is 10.9. The van der Waals surface area contributed by atoms with Gasteiger partial charge < -0.3 is 10.6 Å². The molecule has 3 heterocycles. The Kier molecular flexibility index (Phi) is 4.22. The molecule has 6 heteroatoms. The lowest BCUT2D eigenvalue weighted by atomic mass is 9.75. The highest BCUT2D eigenvalue weighted by atomic mass is 15.3. The molecule has 0 radical (unpaired) electrons. The largest absolute Gasteiger partial charge is 0.366 e. The summed E-state index contributed by atoms with van der Waals surface area (Å²) in [4.78, 5) is 0. The molecular weight excluding hydrogens is 300 g/mol. The first kappa shape index (κ1) is 15.6. The molecule has 0 aromatic carbocycles. The van der Waals surface area contributed by atoms with Gasteiger partial charge in [-0.1, -0.05) is 19.3 Å². The van der Waals surface area contributed by atoms with Gasteiger partial charge in [-0.15, -0.1) is 10.2 Å². The molecule has 2 aliphatic rings. The van der Waals surface area contributed by atoms with E-state index in [0.29, 0.717) is 11.6 Å². The minimum absolute atomic E-state index is 0.357. The Bertz CT molecular complexity index is 666. The molecule has 6 nitrogen and oxygen atoms in total. The molecule has 1 saturated carbocycles. The van der Waals surface area contributed by atoms with E-state index in [-0.39, 0.29) is 0 Å². The molecule has 24 heavy (non-hydrogen) atoms. The third-order valence-electron chi connectivity index (χ3n) is 5.54. The molecule has 1 aliphatic heterocycles. The topological polar surface area (TPSA) is 67.7 Å². The van der Waals surface area contributed by atoms with Gasteiger partial charge in [0, 0.05) is 24.8 Å². The molecule has 1 spiro atoms. The molecule has 4 rings (SSSR count). The Morgan fingerprint density at radius 2 is 2.04 bits per heavy atom. The van der Waals surface area contributed by atoms with Crippen molar-refractivity contribution in [2.45, 2.75) is 56.5 Å². The SMILES string of the molecule is Cn1nccc1-c1ccc(NC2CCNC3(CCCCC3)C2)nn1. The van der Waals surface area contributed by atoms with Crippen LogP contribution in [0.5, 0.6) is 0 Å². The first-order valence-electron chi connectivity index (χ1n) is 9.08. The van der Waals surface area contributed by atoms with Crippen LogP contribution < -0.4 is 10.6 Å². The van der Waals surface area contributed by atoms with Gasteiger partial charge in [0.1, 0.15) is 11.5 Å². The summed E-state index contributed by atoms with van der Waals surface area (Å²) < 4.78 is 1.82. The summed E-state index contributed by atoms with van der Waals surface area (Å²) in [5.41, 5.74) is 2.20. The highest BCUT2D eigenvalue weighted by Gasteiger charge is 2.36. The first-order chi connectivity index (χ1) is 11.7. The van der Waals surface area contributed by atoms with Gasteiger partial charge >= 0.3 is 0 Å². The van der Waals surface area contributed by atoms with Crippen LogP contribution in [0.25, 0.3) is 11.4 Å². The number of hydrogen-bond donors (Lipinski definition) is 2. The van der Waals surface area contributed by atoms with Crippen LogP contribution >= 0.6 is 0 Å². The van der Waals surface area contributed by atoms with Crippen LogP contribution in [0.3, 0.4) is 0 Å². The molecule has 1 aliphatic carbocycles. The summed E-state index contributed by atoms with van der Waals surface area (Å²) in [5.74, 6) is 0.874. The van der Waals surface area contributed by atoms with Crippen LogP contribution in [-0.2, 0) is 7.05 Å². The monoisotopic (exact) mass is 326 g/mol. The maximum absolute atomic E-state index is 4.38. The lowest BCUT2D eigenvalue weighted by Crippen LogP contribution is -2.55. The van der Waals surface area contributed by atoms with Crippen LogP contribution in [0, 0.1) is 0 Å². The zero-order valence-electron chi connectivity index (χ0n) is 14.3. The van der Waals surface area contributed by atoms with E-state index in [1.54, 1.807) is 6.20 Å². The summed E-state index contributed by atoms with van der Waals surface area (Å²) in [5, 5.41) is 20.3. The van der Waals surface area contributed by atoms with Crippen molar-refractivity contribution in [2.24, 2.45) is 7.05 Å². The summed E-state index contributed by atoms with van der Waals surface area (Å²) >= 11 is 0. The van der Waals surface area contributed by atoms with Crippen molar-refractivity contribution in [1.82, 2.24) is 25.3 Å². The molecule has 1 saturated heterocycles. The lowest BCUT2D eigenvalue weighted by molar-refractivity contribution is 0.175. The van der Waals surface area contributed by atoms with Crippen molar-refractivity contribution in [3.63, 3.8) is 0 Å². The Hall–Kier alpha value is -1.95. The van der Waals surface area contributed by atoms with E-state index in [1.165, 1.54) is 38.5 Å². The van der Waals surface area contributed by atoms with Gasteiger partial charge in [0.25, 0.3) is 0 Å². The highest BCUT2D eigenvalue weighted by Crippen LogP contribution is 2.35. The predicted molar refractivity (Wildman–Crippen MR) is 94.7 cm³/mol. The van der Waals surface area contributed by atoms with E-state index in [4.69, 9.17) is 0 Å². The van der Waals surface area contributed by atoms with Gasteiger partial charge in [-0.3, -0.25) is 4.68 Å². The number of piperidine rings is 1. The first-order valence-corrected chi connectivity index (χ1v) is 9.08. The Morgan fingerprint density at radius 1 is 1.17 bits per heavy atom. The molecule has 1 atom stereocenters. The quantitative estimate of drug-likeness (QED) is 0.908. The van der Waals surface area contributed by atoms with Crippen molar-refractivity contribution in [3.05, 3.63) is 24.4 Å². The summed E-state index contributed by atoms with van der Waals surface area (Å²) in [7, 11) is 1.92.